The molecule has 0 fully saturated rings. The molecule has 0 aromatic rings. The highest BCUT2D eigenvalue weighted by Crippen LogP contribution is 2.16. The van der Waals surface area contributed by atoms with Gasteiger partial charge in [-0.05, 0) is 18.8 Å². The Hall–Kier alpha value is -1.06. The van der Waals surface area contributed by atoms with Gasteiger partial charge in [0.15, 0.2) is 0 Å². The molecule has 0 aliphatic rings. The Morgan fingerprint density at radius 2 is 1.81 bits per heavy atom. The van der Waals surface area contributed by atoms with Crippen LogP contribution in [-0.4, -0.2) is 25.0 Å². The zero-order valence-corrected chi connectivity index (χ0v) is 10.8. The summed E-state index contributed by atoms with van der Waals surface area (Å²) in [6.45, 7) is 9.14. The third kappa shape index (κ3) is 9.49. The molecule has 0 rings (SSSR count). The van der Waals surface area contributed by atoms with E-state index in [1.54, 1.807) is 6.92 Å². The lowest BCUT2D eigenvalue weighted by Gasteiger charge is -2.17. The maximum Gasteiger partial charge on any atom is 0.306 e. The van der Waals surface area contributed by atoms with Gasteiger partial charge in [-0.25, -0.2) is 0 Å². The molecule has 0 spiro atoms. The molecule has 0 aromatic carbocycles. The molecular formula is C12H23NO3. The molecule has 0 saturated carbocycles. The van der Waals surface area contributed by atoms with Crippen LogP contribution in [0.3, 0.4) is 0 Å². The summed E-state index contributed by atoms with van der Waals surface area (Å²) in [5, 5.41) is 2.79. The molecule has 1 amide bonds. The first kappa shape index (κ1) is 14.9. The Labute approximate surface area is 97.7 Å². The predicted octanol–water partition coefficient (Wildman–Crippen LogP) is 1.88. The lowest BCUT2D eigenvalue weighted by atomic mass is 9.92. The van der Waals surface area contributed by atoms with E-state index in [2.05, 4.69) is 26.1 Å². The normalized spacial score (nSPS) is 11.0. The van der Waals surface area contributed by atoms with Crippen molar-refractivity contribution in [3.05, 3.63) is 0 Å². The fourth-order valence-corrected chi connectivity index (χ4v) is 1.11. The number of amides is 1. The minimum absolute atomic E-state index is 0.0858. The zero-order valence-electron chi connectivity index (χ0n) is 10.8. The molecule has 0 saturated heterocycles. The Morgan fingerprint density at radius 3 is 2.31 bits per heavy atom. The molecular weight excluding hydrogens is 206 g/mol. The van der Waals surface area contributed by atoms with Gasteiger partial charge in [-0.1, -0.05) is 20.8 Å². The van der Waals surface area contributed by atoms with E-state index in [0.717, 1.165) is 6.42 Å². The summed E-state index contributed by atoms with van der Waals surface area (Å²) in [4.78, 5) is 22.3. The highest BCUT2D eigenvalue weighted by molar-refractivity contribution is 5.81. The van der Waals surface area contributed by atoms with Gasteiger partial charge in [0.1, 0.15) is 0 Å². The predicted molar refractivity (Wildman–Crippen MR) is 62.9 cm³/mol. The molecule has 0 aliphatic carbocycles. The van der Waals surface area contributed by atoms with Crippen LogP contribution < -0.4 is 5.32 Å². The molecule has 4 heteroatoms. The van der Waals surface area contributed by atoms with Gasteiger partial charge in [-0.15, -0.1) is 0 Å². The van der Waals surface area contributed by atoms with Crippen molar-refractivity contribution in [3.8, 4) is 0 Å². The lowest BCUT2D eigenvalue weighted by molar-refractivity contribution is -0.144. The van der Waals surface area contributed by atoms with E-state index in [0.29, 0.717) is 13.2 Å². The molecule has 94 valence electrons. The number of carbonyl (C=O) groups is 2. The monoisotopic (exact) mass is 229 g/mol. The molecule has 0 radical (unpaired) electrons. The van der Waals surface area contributed by atoms with Crippen LogP contribution in [0, 0.1) is 5.41 Å². The summed E-state index contributed by atoms with van der Waals surface area (Å²) in [6.07, 6.45) is 1.30. The first-order valence-electron chi connectivity index (χ1n) is 5.77. The molecule has 1 N–H and O–H groups in total. The third-order valence-electron chi connectivity index (χ3n) is 2.06. The number of ether oxygens (including phenoxy) is 1. The fraction of sp³-hybridized carbons (Fsp3) is 0.833. The summed E-state index contributed by atoms with van der Waals surface area (Å²) < 4.78 is 4.73. The Kier molecular flexibility index (Phi) is 6.77. The topological polar surface area (TPSA) is 55.4 Å². The summed E-state index contributed by atoms with van der Waals surface area (Å²) in [6, 6.07) is 0. The van der Waals surface area contributed by atoms with Gasteiger partial charge in [0, 0.05) is 13.0 Å². The molecule has 0 aromatic heterocycles. The van der Waals surface area contributed by atoms with Gasteiger partial charge in [-0.3, -0.25) is 9.59 Å². The maximum absolute atomic E-state index is 11.3. The summed E-state index contributed by atoms with van der Waals surface area (Å²) in [5.41, 5.74) is 0.217. The van der Waals surface area contributed by atoms with E-state index in [9.17, 15) is 9.59 Å². The Balaban J connectivity index is 3.56. The number of hydrogen-bond acceptors (Lipinski definition) is 3. The summed E-state index contributed by atoms with van der Waals surface area (Å²) in [7, 11) is 0. The van der Waals surface area contributed by atoms with Gasteiger partial charge in [0.25, 0.3) is 0 Å². The van der Waals surface area contributed by atoms with Crippen molar-refractivity contribution in [1.29, 1.82) is 0 Å². The number of carbonyl (C=O) groups excluding carboxylic acids is 2. The van der Waals surface area contributed by atoms with Crippen LogP contribution in [0.2, 0.25) is 0 Å². The van der Waals surface area contributed by atoms with Crippen LogP contribution in [0.4, 0.5) is 0 Å². The number of rotatable bonds is 6. The van der Waals surface area contributed by atoms with Gasteiger partial charge in [-0.2, -0.15) is 0 Å². The van der Waals surface area contributed by atoms with Crippen molar-refractivity contribution >= 4 is 11.9 Å². The smallest absolute Gasteiger partial charge is 0.306 e. The maximum atomic E-state index is 11.3. The Bertz CT molecular complexity index is 231. The van der Waals surface area contributed by atoms with Crippen molar-refractivity contribution in [2.75, 3.05) is 13.2 Å². The summed E-state index contributed by atoms with van der Waals surface area (Å²) in [5.74, 6) is -0.397. The van der Waals surface area contributed by atoms with E-state index < -0.39 is 0 Å². The van der Waals surface area contributed by atoms with Crippen LogP contribution >= 0.6 is 0 Å². The van der Waals surface area contributed by atoms with Crippen molar-refractivity contribution in [1.82, 2.24) is 5.32 Å². The van der Waals surface area contributed by atoms with Crippen molar-refractivity contribution in [2.45, 2.75) is 47.0 Å². The zero-order chi connectivity index (χ0) is 12.6. The van der Waals surface area contributed by atoms with E-state index >= 15 is 0 Å². The second-order valence-electron chi connectivity index (χ2n) is 4.97. The van der Waals surface area contributed by atoms with Crippen LogP contribution in [0.5, 0.6) is 0 Å². The highest BCUT2D eigenvalue weighted by atomic mass is 16.5. The molecule has 0 aliphatic heterocycles. The first-order valence-corrected chi connectivity index (χ1v) is 5.77. The number of esters is 1. The SMILES string of the molecule is CCOC(=O)CCC(=O)NCCC(C)(C)C. The second-order valence-corrected chi connectivity index (χ2v) is 4.97. The first-order chi connectivity index (χ1) is 7.35. The van der Waals surface area contributed by atoms with Crippen molar-refractivity contribution in [3.63, 3.8) is 0 Å². The average molecular weight is 229 g/mol. The van der Waals surface area contributed by atoms with Gasteiger partial charge in [0.2, 0.25) is 5.91 Å². The van der Waals surface area contributed by atoms with E-state index in [1.807, 2.05) is 0 Å². The summed E-state index contributed by atoms with van der Waals surface area (Å²) >= 11 is 0. The van der Waals surface area contributed by atoms with Crippen LogP contribution in [0.1, 0.15) is 47.0 Å². The molecule has 4 nitrogen and oxygen atoms in total. The second kappa shape index (κ2) is 7.25. The van der Waals surface area contributed by atoms with Crippen LogP contribution in [-0.2, 0) is 14.3 Å². The van der Waals surface area contributed by atoms with Gasteiger partial charge >= 0.3 is 5.97 Å². The van der Waals surface area contributed by atoms with Crippen molar-refractivity contribution in [2.24, 2.45) is 5.41 Å². The molecule has 0 heterocycles. The third-order valence-corrected chi connectivity index (χ3v) is 2.06. The number of nitrogens with one attached hydrogen (secondary N) is 1. The number of hydrogen-bond donors (Lipinski definition) is 1. The molecule has 16 heavy (non-hydrogen) atoms. The standard InChI is InChI=1S/C12H23NO3/c1-5-16-11(15)7-6-10(14)13-9-8-12(2,3)4/h5-9H2,1-4H3,(H,13,14). The molecule has 0 atom stereocenters. The largest absolute Gasteiger partial charge is 0.466 e. The Morgan fingerprint density at radius 1 is 1.19 bits per heavy atom. The fourth-order valence-electron chi connectivity index (χ4n) is 1.11. The average Bonchev–Trinajstić information content (AvgIpc) is 2.13. The minimum Gasteiger partial charge on any atom is -0.466 e. The quantitative estimate of drug-likeness (QED) is 0.707. The van der Waals surface area contributed by atoms with Gasteiger partial charge < -0.3 is 10.1 Å². The highest BCUT2D eigenvalue weighted by Gasteiger charge is 2.11. The van der Waals surface area contributed by atoms with Crippen molar-refractivity contribution < 1.29 is 14.3 Å². The van der Waals surface area contributed by atoms with Crippen LogP contribution in [0.25, 0.3) is 0 Å². The van der Waals surface area contributed by atoms with E-state index in [1.165, 1.54) is 0 Å². The van der Waals surface area contributed by atoms with E-state index in [-0.39, 0.29) is 30.1 Å². The lowest BCUT2D eigenvalue weighted by Crippen LogP contribution is -2.27. The van der Waals surface area contributed by atoms with E-state index in [4.69, 9.17) is 4.74 Å². The molecule has 0 bridgehead atoms. The van der Waals surface area contributed by atoms with Gasteiger partial charge in [0.05, 0.1) is 13.0 Å². The minimum atomic E-state index is -0.312. The molecule has 0 unspecified atom stereocenters. The van der Waals surface area contributed by atoms with Crippen LogP contribution in [0.15, 0.2) is 0 Å².